The molecule has 3 aromatic rings. The molecule has 0 radical (unpaired) electrons. The Kier molecular flexibility index (Phi) is 3.81. The lowest BCUT2D eigenvalue weighted by atomic mass is 9.99. The number of aliphatic hydroxyl groups is 1. The predicted octanol–water partition coefficient (Wildman–Crippen LogP) is 4.27. The fraction of sp³-hybridized carbons (Fsp3) is 0.118. The summed E-state index contributed by atoms with van der Waals surface area (Å²) in [6.07, 6.45) is 1.86. The molecule has 0 amide bonds. The van der Waals surface area contributed by atoms with Gasteiger partial charge < -0.3 is 5.11 Å². The van der Waals surface area contributed by atoms with Crippen LogP contribution in [-0.2, 0) is 6.42 Å². The molecule has 1 atom stereocenters. The molecule has 0 aliphatic carbocycles. The van der Waals surface area contributed by atoms with E-state index in [1.807, 2.05) is 54.6 Å². The molecule has 0 spiro atoms. The molecule has 0 aliphatic heterocycles. The standard InChI is InChI=1S/C17H14BrNO/c18-14-5-3-4-13(10-14)17(20)11-12-8-9-19-16-7-2-1-6-15(12)16/h1-10,17,20H,11H2. The predicted molar refractivity (Wildman–Crippen MR) is 84.5 cm³/mol. The van der Waals surface area contributed by atoms with E-state index in [0.717, 1.165) is 26.5 Å². The van der Waals surface area contributed by atoms with Crippen LogP contribution < -0.4 is 0 Å². The second kappa shape index (κ2) is 5.73. The van der Waals surface area contributed by atoms with Gasteiger partial charge in [-0.05, 0) is 35.4 Å². The molecular formula is C17H14BrNO. The minimum Gasteiger partial charge on any atom is -0.388 e. The minimum absolute atomic E-state index is 0.515. The van der Waals surface area contributed by atoms with Crippen molar-refractivity contribution in [3.05, 3.63) is 76.4 Å². The zero-order valence-corrected chi connectivity index (χ0v) is 12.4. The fourth-order valence-corrected chi connectivity index (χ4v) is 2.79. The molecule has 2 aromatic carbocycles. The molecule has 2 nitrogen and oxygen atoms in total. The average molecular weight is 328 g/mol. The van der Waals surface area contributed by atoms with Gasteiger partial charge in [-0.15, -0.1) is 0 Å². The number of halogens is 1. The summed E-state index contributed by atoms with van der Waals surface area (Å²) in [6.45, 7) is 0. The quantitative estimate of drug-likeness (QED) is 0.779. The van der Waals surface area contributed by atoms with Gasteiger partial charge >= 0.3 is 0 Å². The van der Waals surface area contributed by atoms with Crippen LogP contribution in [0.3, 0.4) is 0 Å². The molecule has 3 rings (SSSR count). The van der Waals surface area contributed by atoms with Crippen molar-refractivity contribution in [3.63, 3.8) is 0 Å². The molecule has 100 valence electrons. The van der Waals surface area contributed by atoms with Crippen LogP contribution in [0.4, 0.5) is 0 Å². The van der Waals surface area contributed by atoms with Crippen molar-refractivity contribution in [2.75, 3.05) is 0 Å². The minimum atomic E-state index is -0.515. The van der Waals surface area contributed by atoms with Crippen LogP contribution >= 0.6 is 15.9 Å². The Morgan fingerprint density at radius 3 is 2.75 bits per heavy atom. The van der Waals surface area contributed by atoms with Crippen molar-refractivity contribution in [1.82, 2.24) is 4.98 Å². The topological polar surface area (TPSA) is 33.1 Å². The Labute approximate surface area is 126 Å². The molecule has 1 aromatic heterocycles. The third-order valence-electron chi connectivity index (χ3n) is 3.39. The normalized spacial score (nSPS) is 12.5. The fourth-order valence-electron chi connectivity index (χ4n) is 2.37. The first kappa shape index (κ1) is 13.3. The van der Waals surface area contributed by atoms with Crippen LogP contribution in [0.5, 0.6) is 0 Å². The summed E-state index contributed by atoms with van der Waals surface area (Å²) in [7, 11) is 0. The van der Waals surface area contributed by atoms with E-state index in [9.17, 15) is 5.11 Å². The van der Waals surface area contributed by atoms with Crippen LogP contribution in [0.2, 0.25) is 0 Å². The highest BCUT2D eigenvalue weighted by Crippen LogP contribution is 2.25. The van der Waals surface area contributed by atoms with Gasteiger partial charge in [0.1, 0.15) is 0 Å². The lowest BCUT2D eigenvalue weighted by Crippen LogP contribution is -2.02. The zero-order chi connectivity index (χ0) is 13.9. The number of hydrogen-bond acceptors (Lipinski definition) is 2. The second-order valence-electron chi connectivity index (χ2n) is 4.76. The van der Waals surface area contributed by atoms with E-state index in [1.165, 1.54) is 0 Å². The monoisotopic (exact) mass is 327 g/mol. The molecule has 1 unspecified atom stereocenters. The summed E-state index contributed by atoms with van der Waals surface area (Å²) in [5.74, 6) is 0. The first-order chi connectivity index (χ1) is 9.74. The number of fused-ring (bicyclic) bond motifs is 1. The molecule has 20 heavy (non-hydrogen) atoms. The summed E-state index contributed by atoms with van der Waals surface area (Å²) in [5.41, 5.74) is 3.00. The average Bonchev–Trinajstić information content (AvgIpc) is 2.47. The number of nitrogens with zero attached hydrogens (tertiary/aromatic N) is 1. The van der Waals surface area contributed by atoms with Gasteiger partial charge in [0, 0.05) is 22.5 Å². The summed E-state index contributed by atoms with van der Waals surface area (Å²) < 4.78 is 0.980. The Morgan fingerprint density at radius 2 is 1.90 bits per heavy atom. The van der Waals surface area contributed by atoms with E-state index in [1.54, 1.807) is 6.20 Å². The second-order valence-corrected chi connectivity index (χ2v) is 5.68. The number of para-hydroxylation sites is 1. The Hall–Kier alpha value is -1.71. The highest BCUT2D eigenvalue weighted by molar-refractivity contribution is 9.10. The van der Waals surface area contributed by atoms with Gasteiger partial charge in [0.2, 0.25) is 0 Å². The van der Waals surface area contributed by atoms with Crippen molar-refractivity contribution >= 4 is 26.8 Å². The number of rotatable bonds is 3. The van der Waals surface area contributed by atoms with Crippen molar-refractivity contribution < 1.29 is 5.11 Å². The summed E-state index contributed by atoms with van der Waals surface area (Å²) in [6, 6.07) is 17.8. The third kappa shape index (κ3) is 2.74. The Morgan fingerprint density at radius 1 is 1.05 bits per heavy atom. The lowest BCUT2D eigenvalue weighted by Gasteiger charge is -2.13. The highest BCUT2D eigenvalue weighted by Gasteiger charge is 2.11. The van der Waals surface area contributed by atoms with Crippen molar-refractivity contribution in [2.24, 2.45) is 0 Å². The van der Waals surface area contributed by atoms with Gasteiger partial charge in [-0.1, -0.05) is 46.3 Å². The third-order valence-corrected chi connectivity index (χ3v) is 3.88. The van der Waals surface area contributed by atoms with Crippen LogP contribution in [0.25, 0.3) is 10.9 Å². The van der Waals surface area contributed by atoms with E-state index in [4.69, 9.17) is 0 Å². The largest absolute Gasteiger partial charge is 0.388 e. The maximum atomic E-state index is 10.4. The van der Waals surface area contributed by atoms with Gasteiger partial charge in [0.05, 0.1) is 11.6 Å². The first-order valence-corrected chi connectivity index (χ1v) is 7.29. The van der Waals surface area contributed by atoms with E-state index in [-0.39, 0.29) is 0 Å². The van der Waals surface area contributed by atoms with Crippen molar-refractivity contribution in [1.29, 1.82) is 0 Å². The van der Waals surface area contributed by atoms with Gasteiger partial charge in [-0.25, -0.2) is 0 Å². The molecule has 1 N–H and O–H groups in total. The Bertz CT molecular complexity index is 736. The number of benzene rings is 2. The van der Waals surface area contributed by atoms with Gasteiger partial charge in [0.25, 0.3) is 0 Å². The highest BCUT2D eigenvalue weighted by atomic mass is 79.9. The number of pyridine rings is 1. The smallest absolute Gasteiger partial charge is 0.0831 e. The number of hydrogen-bond donors (Lipinski definition) is 1. The molecule has 1 heterocycles. The molecule has 3 heteroatoms. The summed E-state index contributed by atoms with van der Waals surface area (Å²) >= 11 is 3.43. The maximum absolute atomic E-state index is 10.4. The molecule has 0 bridgehead atoms. The Balaban J connectivity index is 1.93. The first-order valence-electron chi connectivity index (χ1n) is 6.50. The van der Waals surface area contributed by atoms with E-state index < -0.39 is 6.10 Å². The SMILES string of the molecule is OC(Cc1ccnc2ccccc12)c1cccc(Br)c1. The van der Waals surface area contributed by atoms with Gasteiger partial charge in [-0.3, -0.25) is 4.98 Å². The molecule has 0 aliphatic rings. The van der Waals surface area contributed by atoms with Crippen LogP contribution in [0.1, 0.15) is 17.2 Å². The summed E-state index contributed by atoms with van der Waals surface area (Å²) in [4.78, 5) is 4.35. The van der Waals surface area contributed by atoms with E-state index in [0.29, 0.717) is 6.42 Å². The molecule has 0 fully saturated rings. The number of aliphatic hydroxyl groups excluding tert-OH is 1. The van der Waals surface area contributed by atoms with Crippen molar-refractivity contribution in [2.45, 2.75) is 12.5 Å². The molecule has 0 saturated heterocycles. The lowest BCUT2D eigenvalue weighted by molar-refractivity contribution is 0.179. The van der Waals surface area contributed by atoms with Gasteiger partial charge in [0.15, 0.2) is 0 Å². The maximum Gasteiger partial charge on any atom is 0.0831 e. The zero-order valence-electron chi connectivity index (χ0n) is 10.8. The van der Waals surface area contributed by atoms with E-state index >= 15 is 0 Å². The number of aromatic nitrogens is 1. The van der Waals surface area contributed by atoms with Gasteiger partial charge in [-0.2, -0.15) is 0 Å². The van der Waals surface area contributed by atoms with E-state index in [2.05, 4.69) is 20.9 Å². The van der Waals surface area contributed by atoms with Crippen molar-refractivity contribution in [3.8, 4) is 0 Å². The molecule has 0 saturated carbocycles. The summed E-state index contributed by atoms with van der Waals surface area (Å²) in [5, 5.41) is 11.5. The van der Waals surface area contributed by atoms with Crippen LogP contribution in [-0.4, -0.2) is 10.1 Å². The molecular weight excluding hydrogens is 314 g/mol. The van der Waals surface area contributed by atoms with Crippen LogP contribution in [0, 0.1) is 0 Å². The van der Waals surface area contributed by atoms with Crippen LogP contribution in [0.15, 0.2) is 65.3 Å².